The number of ether oxygens (including phenoxy) is 1. The predicted octanol–water partition coefficient (Wildman–Crippen LogP) is 3.54. The maximum Gasteiger partial charge on any atom is 0.389 e. The summed E-state index contributed by atoms with van der Waals surface area (Å²) >= 11 is 0. The van der Waals surface area contributed by atoms with Crippen LogP contribution in [0, 0.1) is 0 Å². The molecule has 0 unspecified atom stereocenters. The monoisotopic (exact) mass is 260 g/mol. The molecule has 1 aromatic rings. The zero-order valence-corrected chi connectivity index (χ0v) is 10.1. The third kappa shape index (κ3) is 6.27. The lowest BCUT2D eigenvalue weighted by Crippen LogP contribution is -2.09. The minimum atomic E-state index is -4.13. The Hall–Kier alpha value is -1.52. The quantitative estimate of drug-likeness (QED) is 0.731. The van der Waals surface area contributed by atoms with Gasteiger partial charge in [0.25, 0.3) is 0 Å². The van der Waals surface area contributed by atoms with Crippen molar-refractivity contribution >= 4 is 5.78 Å². The highest BCUT2D eigenvalue weighted by molar-refractivity contribution is 5.78. The number of hydrogen-bond donors (Lipinski definition) is 0. The van der Waals surface area contributed by atoms with Crippen LogP contribution in [0.5, 0.6) is 5.75 Å². The lowest BCUT2D eigenvalue weighted by Gasteiger charge is -2.08. The van der Waals surface area contributed by atoms with Gasteiger partial charge in [0.15, 0.2) is 0 Å². The van der Waals surface area contributed by atoms with Crippen LogP contribution in [0.25, 0.3) is 0 Å². The van der Waals surface area contributed by atoms with Crippen LogP contribution in [-0.2, 0) is 11.2 Å². The van der Waals surface area contributed by atoms with Crippen molar-refractivity contribution < 1.29 is 22.7 Å². The van der Waals surface area contributed by atoms with Gasteiger partial charge in [-0.25, -0.2) is 0 Å². The van der Waals surface area contributed by atoms with Gasteiger partial charge in [-0.3, -0.25) is 4.79 Å². The van der Waals surface area contributed by atoms with Gasteiger partial charge in [-0.15, -0.1) is 0 Å². The maximum absolute atomic E-state index is 11.9. The number of carbonyl (C=O) groups is 1. The van der Waals surface area contributed by atoms with Crippen molar-refractivity contribution in [3.05, 3.63) is 29.8 Å². The highest BCUT2D eigenvalue weighted by atomic mass is 19.4. The van der Waals surface area contributed by atoms with Crippen molar-refractivity contribution in [2.75, 3.05) is 6.61 Å². The van der Waals surface area contributed by atoms with E-state index in [2.05, 4.69) is 0 Å². The molecule has 18 heavy (non-hydrogen) atoms. The van der Waals surface area contributed by atoms with Crippen molar-refractivity contribution in [3.8, 4) is 5.75 Å². The standard InChI is InChI=1S/C13H15F3O2/c1-10(17)9-11-3-5-12(6-4-11)18-8-2-7-13(14,15)16/h3-6H,2,7-9H2,1H3. The molecule has 0 bridgehead atoms. The Morgan fingerprint density at radius 3 is 2.33 bits per heavy atom. The summed E-state index contributed by atoms with van der Waals surface area (Å²) in [5.41, 5.74) is 0.866. The molecule has 0 aliphatic carbocycles. The van der Waals surface area contributed by atoms with Gasteiger partial charge in [-0.2, -0.15) is 13.2 Å². The maximum atomic E-state index is 11.9. The molecular weight excluding hydrogens is 245 g/mol. The summed E-state index contributed by atoms with van der Waals surface area (Å²) in [7, 11) is 0. The van der Waals surface area contributed by atoms with Crippen molar-refractivity contribution in [2.45, 2.75) is 32.4 Å². The zero-order chi connectivity index (χ0) is 13.6. The Morgan fingerprint density at radius 1 is 1.22 bits per heavy atom. The summed E-state index contributed by atoms with van der Waals surface area (Å²) in [5.74, 6) is 0.582. The van der Waals surface area contributed by atoms with Gasteiger partial charge >= 0.3 is 6.18 Å². The third-order valence-corrected chi connectivity index (χ3v) is 2.25. The number of ketones is 1. The van der Waals surface area contributed by atoms with Crippen LogP contribution < -0.4 is 4.74 Å². The van der Waals surface area contributed by atoms with E-state index in [0.717, 1.165) is 5.56 Å². The molecule has 1 rings (SSSR count). The van der Waals surface area contributed by atoms with E-state index in [1.54, 1.807) is 24.3 Å². The van der Waals surface area contributed by atoms with Gasteiger partial charge in [0, 0.05) is 12.8 Å². The molecule has 0 aliphatic rings. The van der Waals surface area contributed by atoms with Crippen LogP contribution in [0.1, 0.15) is 25.3 Å². The van der Waals surface area contributed by atoms with Gasteiger partial charge in [-0.05, 0) is 31.0 Å². The summed E-state index contributed by atoms with van der Waals surface area (Å²) in [6, 6.07) is 6.79. The smallest absolute Gasteiger partial charge is 0.389 e. The average Bonchev–Trinajstić information content (AvgIpc) is 2.24. The van der Waals surface area contributed by atoms with Crippen LogP contribution >= 0.6 is 0 Å². The average molecular weight is 260 g/mol. The molecular formula is C13H15F3O2. The molecule has 1 aromatic carbocycles. The SMILES string of the molecule is CC(=O)Cc1ccc(OCCCC(F)(F)F)cc1. The number of alkyl halides is 3. The van der Waals surface area contributed by atoms with Crippen molar-refractivity contribution in [1.82, 2.24) is 0 Å². The van der Waals surface area contributed by atoms with Gasteiger partial charge in [0.05, 0.1) is 6.61 Å². The second-order valence-corrected chi connectivity index (χ2v) is 4.09. The molecule has 0 saturated carbocycles. The Labute approximate surface area is 104 Å². The van der Waals surface area contributed by atoms with E-state index in [9.17, 15) is 18.0 Å². The van der Waals surface area contributed by atoms with E-state index in [-0.39, 0.29) is 18.8 Å². The lowest BCUT2D eigenvalue weighted by molar-refractivity contribution is -0.136. The number of Topliss-reactive ketones (excluding diaryl/α,β-unsaturated/α-hetero) is 1. The van der Waals surface area contributed by atoms with E-state index in [4.69, 9.17) is 4.74 Å². The summed E-state index contributed by atoms with van der Waals surface area (Å²) in [5, 5.41) is 0. The highest BCUT2D eigenvalue weighted by Crippen LogP contribution is 2.21. The first kappa shape index (κ1) is 14.5. The number of rotatable bonds is 6. The van der Waals surface area contributed by atoms with E-state index in [1.165, 1.54) is 6.92 Å². The van der Waals surface area contributed by atoms with Crippen LogP contribution in [0.3, 0.4) is 0 Å². The molecule has 0 aromatic heterocycles. The minimum Gasteiger partial charge on any atom is -0.494 e. The van der Waals surface area contributed by atoms with Crippen LogP contribution in [0.15, 0.2) is 24.3 Å². The molecule has 0 N–H and O–H groups in total. The minimum absolute atomic E-state index is 0.0333. The van der Waals surface area contributed by atoms with Gasteiger partial charge in [-0.1, -0.05) is 12.1 Å². The summed E-state index contributed by atoms with van der Waals surface area (Å²) in [6.07, 6.45) is -4.67. The summed E-state index contributed by atoms with van der Waals surface area (Å²) in [6.45, 7) is 1.53. The Morgan fingerprint density at radius 2 is 1.83 bits per heavy atom. The molecule has 0 fully saturated rings. The third-order valence-electron chi connectivity index (χ3n) is 2.25. The molecule has 2 nitrogen and oxygen atoms in total. The van der Waals surface area contributed by atoms with E-state index in [0.29, 0.717) is 12.2 Å². The molecule has 0 heterocycles. The molecule has 0 aliphatic heterocycles. The number of carbonyl (C=O) groups excluding carboxylic acids is 1. The zero-order valence-electron chi connectivity index (χ0n) is 10.1. The Kier molecular flexibility index (Phi) is 5.19. The molecule has 0 spiro atoms. The van der Waals surface area contributed by atoms with Crippen LogP contribution in [0.2, 0.25) is 0 Å². The lowest BCUT2D eigenvalue weighted by atomic mass is 10.1. The first-order valence-corrected chi connectivity index (χ1v) is 5.65. The largest absolute Gasteiger partial charge is 0.494 e. The fourth-order valence-corrected chi connectivity index (χ4v) is 1.45. The van der Waals surface area contributed by atoms with Crippen molar-refractivity contribution in [2.24, 2.45) is 0 Å². The first-order valence-electron chi connectivity index (χ1n) is 5.65. The van der Waals surface area contributed by atoms with Crippen molar-refractivity contribution in [1.29, 1.82) is 0 Å². The normalized spacial score (nSPS) is 11.3. The Bertz CT molecular complexity index is 382. The Balaban J connectivity index is 2.33. The number of benzene rings is 1. The first-order chi connectivity index (χ1) is 8.37. The van der Waals surface area contributed by atoms with Crippen molar-refractivity contribution in [3.63, 3.8) is 0 Å². The molecule has 100 valence electrons. The molecule has 0 radical (unpaired) electrons. The fourth-order valence-electron chi connectivity index (χ4n) is 1.45. The second kappa shape index (κ2) is 6.42. The molecule has 0 amide bonds. The van der Waals surface area contributed by atoms with Gasteiger partial charge in [0.1, 0.15) is 11.5 Å². The predicted molar refractivity (Wildman–Crippen MR) is 61.6 cm³/mol. The second-order valence-electron chi connectivity index (χ2n) is 4.09. The number of hydrogen-bond acceptors (Lipinski definition) is 2. The highest BCUT2D eigenvalue weighted by Gasteiger charge is 2.26. The number of halogens is 3. The van der Waals surface area contributed by atoms with Crippen LogP contribution in [-0.4, -0.2) is 18.6 Å². The van der Waals surface area contributed by atoms with Crippen LogP contribution in [0.4, 0.5) is 13.2 Å². The summed E-state index contributed by atoms with van der Waals surface area (Å²) in [4.78, 5) is 10.9. The van der Waals surface area contributed by atoms with E-state index in [1.807, 2.05) is 0 Å². The van der Waals surface area contributed by atoms with Gasteiger partial charge in [0.2, 0.25) is 0 Å². The molecule has 5 heteroatoms. The van der Waals surface area contributed by atoms with E-state index < -0.39 is 12.6 Å². The summed E-state index contributed by atoms with van der Waals surface area (Å²) < 4.78 is 40.8. The van der Waals surface area contributed by atoms with Gasteiger partial charge < -0.3 is 4.74 Å². The fraction of sp³-hybridized carbons (Fsp3) is 0.462. The topological polar surface area (TPSA) is 26.3 Å². The van der Waals surface area contributed by atoms with E-state index >= 15 is 0 Å². The molecule has 0 atom stereocenters. The molecule has 0 saturated heterocycles.